The smallest absolute Gasteiger partial charge is 0.266 e. The summed E-state index contributed by atoms with van der Waals surface area (Å²) in [4.78, 5) is 11.5. The Hall–Kier alpha value is -3.00. The summed E-state index contributed by atoms with van der Waals surface area (Å²) in [5.41, 5.74) is 6.46. The van der Waals surface area contributed by atoms with Crippen LogP contribution in [0.2, 0.25) is 0 Å². The second-order valence-electron chi connectivity index (χ2n) is 8.99. The van der Waals surface area contributed by atoms with Crippen molar-refractivity contribution in [3.8, 4) is 22.6 Å². The molecule has 2 unspecified atom stereocenters. The van der Waals surface area contributed by atoms with Gasteiger partial charge in [0, 0.05) is 12.0 Å². The second-order valence-corrected chi connectivity index (χ2v) is 10.4. The number of aliphatic hydroxyl groups is 1. The zero-order valence-electron chi connectivity index (χ0n) is 20.2. The lowest BCUT2D eigenvalue weighted by Crippen LogP contribution is -2.21. The summed E-state index contributed by atoms with van der Waals surface area (Å²) in [7, 11) is 0. The van der Waals surface area contributed by atoms with Gasteiger partial charge in [0.2, 0.25) is 0 Å². The average Bonchev–Trinajstić information content (AvgIpc) is 3.15. The number of ether oxygens (including phenoxy) is 2. The zero-order chi connectivity index (χ0) is 24.9. The van der Waals surface area contributed by atoms with Crippen molar-refractivity contribution in [1.29, 1.82) is 0 Å². The second kappa shape index (κ2) is 11.2. The van der Waals surface area contributed by atoms with Crippen molar-refractivity contribution in [3.05, 3.63) is 82.9 Å². The normalized spacial score (nSPS) is 18.3. The number of carbonyl (C=O) groups excluding carboxylic acids is 1. The fraction of sp³-hybridized carbons (Fsp3) is 0.321. The van der Waals surface area contributed by atoms with Gasteiger partial charge in [-0.2, -0.15) is 4.72 Å². The number of nitrogens with one attached hydrogen (secondary N) is 1. The third kappa shape index (κ3) is 6.36. The predicted octanol–water partition coefficient (Wildman–Crippen LogP) is 4.92. The van der Waals surface area contributed by atoms with Gasteiger partial charge in [0.15, 0.2) is 5.25 Å². The van der Waals surface area contributed by atoms with Crippen LogP contribution in [-0.4, -0.2) is 28.3 Å². The molecule has 7 heteroatoms. The highest BCUT2D eigenvalue weighted by Crippen LogP contribution is 2.33. The molecule has 0 bridgehead atoms. The fourth-order valence-corrected chi connectivity index (χ4v) is 5.44. The van der Waals surface area contributed by atoms with Gasteiger partial charge in [-0.25, -0.2) is 0 Å². The first kappa shape index (κ1) is 25.1. The minimum absolute atomic E-state index is 0.183. The number of rotatable bonds is 9. The third-order valence-corrected chi connectivity index (χ3v) is 7.41. The van der Waals surface area contributed by atoms with Crippen molar-refractivity contribution in [1.82, 2.24) is 4.72 Å². The molecule has 6 nitrogen and oxygen atoms in total. The van der Waals surface area contributed by atoms with Crippen LogP contribution in [0.5, 0.6) is 11.5 Å². The number of aliphatic hydroxyl groups excluding tert-OH is 1. The Morgan fingerprint density at radius 2 is 1.77 bits per heavy atom. The lowest BCUT2D eigenvalue weighted by Gasteiger charge is -2.15. The van der Waals surface area contributed by atoms with Crippen molar-refractivity contribution >= 4 is 17.3 Å². The maximum Gasteiger partial charge on any atom is 0.266 e. The summed E-state index contributed by atoms with van der Waals surface area (Å²) in [6, 6.07) is 19.8. The van der Waals surface area contributed by atoms with Gasteiger partial charge in [0.25, 0.3) is 5.91 Å². The molecule has 0 aromatic heterocycles. The van der Waals surface area contributed by atoms with Crippen molar-refractivity contribution < 1.29 is 23.9 Å². The maximum absolute atomic E-state index is 12.0. The summed E-state index contributed by atoms with van der Waals surface area (Å²) < 4.78 is 26.3. The first-order valence-corrected chi connectivity index (χ1v) is 13.0. The minimum Gasteiger partial charge on any atom is -0.593 e. The van der Waals surface area contributed by atoms with Crippen LogP contribution in [0, 0.1) is 13.8 Å². The van der Waals surface area contributed by atoms with Crippen LogP contribution in [0.25, 0.3) is 11.1 Å². The Bertz CT molecular complexity index is 1160. The van der Waals surface area contributed by atoms with E-state index < -0.39 is 11.4 Å². The summed E-state index contributed by atoms with van der Waals surface area (Å²) in [5, 5.41) is 9.12. The molecule has 184 valence electrons. The molecule has 4 rings (SSSR count). The highest BCUT2D eigenvalue weighted by Gasteiger charge is 2.36. The van der Waals surface area contributed by atoms with E-state index in [4.69, 9.17) is 9.47 Å². The Morgan fingerprint density at radius 1 is 1.06 bits per heavy atom. The molecule has 1 aliphatic heterocycles. The number of hydrogen-bond acceptors (Lipinski definition) is 5. The van der Waals surface area contributed by atoms with Crippen LogP contribution in [-0.2, 0) is 22.8 Å². The fourth-order valence-electron chi connectivity index (χ4n) is 4.28. The maximum atomic E-state index is 12.0. The van der Waals surface area contributed by atoms with Crippen molar-refractivity contribution in [2.45, 2.75) is 51.6 Å². The van der Waals surface area contributed by atoms with Crippen molar-refractivity contribution in [2.75, 3.05) is 6.61 Å². The van der Waals surface area contributed by atoms with E-state index in [0.717, 1.165) is 33.6 Å². The van der Waals surface area contributed by atoms with E-state index in [-0.39, 0.29) is 23.7 Å². The monoisotopic (exact) mass is 493 g/mol. The topological polar surface area (TPSA) is 90.8 Å². The molecular weight excluding hydrogens is 462 g/mol. The molecule has 0 radical (unpaired) electrons. The predicted molar refractivity (Wildman–Crippen MR) is 138 cm³/mol. The average molecular weight is 494 g/mol. The highest BCUT2D eigenvalue weighted by molar-refractivity contribution is 7.90. The molecule has 1 fully saturated rings. The van der Waals surface area contributed by atoms with Crippen LogP contribution in [0.15, 0.2) is 60.7 Å². The van der Waals surface area contributed by atoms with E-state index in [2.05, 4.69) is 30.7 Å². The summed E-state index contributed by atoms with van der Waals surface area (Å²) >= 11 is -1.37. The van der Waals surface area contributed by atoms with Gasteiger partial charge in [-0.3, -0.25) is 4.79 Å². The van der Waals surface area contributed by atoms with Gasteiger partial charge in [-0.15, -0.1) is 0 Å². The Morgan fingerprint density at radius 3 is 2.40 bits per heavy atom. The molecule has 3 atom stereocenters. The van der Waals surface area contributed by atoms with E-state index in [9.17, 15) is 14.5 Å². The van der Waals surface area contributed by atoms with Crippen LogP contribution < -0.4 is 14.2 Å². The van der Waals surface area contributed by atoms with Crippen LogP contribution in [0.1, 0.15) is 47.3 Å². The first-order valence-electron chi connectivity index (χ1n) is 11.7. The lowest BCUT2D eigenvalue weighted by molar-refractivity contribution is -0.118. The number of amides is 1. The quantitative estimate of drug-likeness (QED) is 0.413. The van der Waals surface area contributed by atoms with Crippen molar-refractivity contribution in [2.24, 2.45) is 0 Å². The van der Waals surface area contributed by atoms with E-state index in [1.165, 1.54) is 5.56 Å². The summed E-state index contributed by atoms with van der Waals surface area (Å²) in [6.45, 7) is 6.82. The van der Waals surface area contributed by atoms with E-state index >= 15 is 0 Å². The third-order valence-electron chi connectivity index (χ3n) is 6.03. The molecule has 3 aromatic rings. The summed E-state index contributed by atoms with van der Waals surface area (Å²) in [6.07, 6.45) is 0.467. The molecule has 0 aliphatic carbocycles. The Kier molecular flexibility index (Phi) is 8.00. The zero-order valence-corrected chi connectivity index (χ0v) is 21.1. The molecule has 0 spiro atoms. The highest BCUT2D eigenvalue weighted by atomic mass is 32.2. The SMILES string of the molecule is Cc1cc(OCC[C@@H](C)O)cc(C)c1-c1cccc(COc2ccc(C3CC(=O)N[S+]3[O-])cc2)c1. The first-order chi connectivity index (χ1) is 16.8. The number of hydrogen-bond donors (Lipinski definition) is 2. The molecule has 3 aromatic carbocycles. The van der Waals surface area contributed by atoms with Gasteiger partial charge >= 0.3 is 0 Å². The largest absolute Gasteiger partial charge is 0.593 e. The standard InChI is InChI=1S/C28H31NO5S/c1-18-13-25(33-12-11-20(3)30)14-19(2)28(18)23-6-4-5-21(15-23)17-34-24-9-7-22(8-10-24)26-16-27(31)29-35(26)32/h4-10,13-15,20,26,30H,11-12,16-17H2,1-3H3,(H,29,31)/t20-,26?,35?/m1/s1. The molecule has 1 aliphatic rings. The molecule has 1 heterocycles. The molecule has 1 saturated heterocycles. The van der Waals surface area contributed by atoms with Crippen molar-refractivity contribution in [3.63, 3.8) is 0 Å². The van der Waals surface area contributed by atoms with Crippen LogP contribution in [0.4, 0.5) is 0 Å². The Labute approximate surface area is 209 Å². The number of aryl methyl sites for hydroxylation is 2. The van der Waals surface area contributed by atoms with E-state index in [1.807, 2.05) is 48.5 Å². The van der Waals surface area contributed by atoms with Gasteiger partial charge in [0.1, 0.15) is 18.1 Å². The molecular formula is C28H31NO5S. The Balaban J connectivity index is 1.42. The van der Waals surface area contributed by atoms with Gasteiger partial charge in [-0.1, -0.05) is 30.3 Å². The van der Waals surface area contributed by atoms with E-state index in [1.54, 1.807) is 6.92 Å². The molecule has 35 heavy (non-hydrogen) atoms. The molecule has 2 N–H and O–H groups in total. The van der Waals surface area contributed by atoms with Gasteiger partial charge < -0.3 is 19.1 Å². The van der Waals surface area contributed by atoms with Gasteiger partial charge in [-0.05, 0) is 78.9 Å². The van der Waals surface area contributed by atoms with Crippen LogP contribution in [0.3, 0.4) is 0 Å². The molecule has 1 amide bonds. The summed E-state index contributed by atoms with van der Waals surface area (Å²) in [5.74, 6) is 1.35. The van der Waals surface area contributed by atoms with Crippen LogP contribution >= 0.6 is 0 Å². The van der Waals surface area contributed by atoms with E-state index in [0.29, 0.717) is 25.4 Å². The lowest BCUT2D eigenvalue weighted by atomic mass is 9.94. The number of carbonyl (C=O) groups is 1. The minimum atomic E-state index is -1.37. The van der Waals surface area contributed by atoms with Gasteiger partial charge in [0.05, 0.1) is 30.5 Å². The number of benzene rings is 3. The molecule has 0 saturated carbocycles.